The number of ketones is 1. The second-order valence-corrected chi connectivity index (χ2v) is 2.69. The fraction of sp³-hybridized carbons (Fsp3) is 0.200. The van der Waals surface area contributed by atoms with Gasteiger partial charge in [-0.2, -0.15) is 5.26 Å². The molecule has 0 heterocycles. The average molecular weight is 177 g/mol. The third-order valence-electron chi connectivity index (χ3n) is 1.73. The maximum absolute atomic E-state index is 13.2. The first-order valence-electron chi connectivity index (χ1n) is 3.82. The number of aryl methyl sites for hydroxylation is 1. The van der Waals surface area contributed by atoms with Crippen LogP contribution in [0.3, 0.4) is 0 Å². The fourth-order valence-corrected chi connectivity index (χ4v) is 1.03. The normalized spacial score (nSPS) is 9.31. The number of hydrogen-bond acceptors (Lipinski definition) is 2. The highest BCUT2D eigenvalue weighted by Gasteiger charge is 2.11. The van der Waals surface area contributed by atoms with E-state index in [1.807, 2.05) is 0 Å². The van der Waals surface area contributed by atoms with Crippen molar-refractivity contribution in [1.29, 1.82) is 5.26 Å². The van der Waals surface area contributed by atoms with Crippen LogP contribution >= 0.6 is 0 Å². The summed E-state index contributed by atoms with van der Waals surface area (Å²) in [5.41, 5.74) is 0.422. The van der Waals surface area contributed by atoms with Crippen molar-refractivity contribution < 1.29 is 9.18 Å². The van der Waals surface area contributed by atoms with E-state index < -0.39 is 11.6 Å². The van der Waals surface area contributed by atoms with Crippen LogP contribution in [0.2, 0.25) is 0 Å². The summed E-state index contributed by atoms with van der Waals surface area (Å²) in [4.78, 5) is 11.2. The second-order valence-electron chi connectivity index (χ2n) is 2.69. The molecule has 66 valence electrons. The summed E-state index contributed by atoms with van der Waals surface area (Å²) >= 11 is 0. The lowest BCUT2D eigenvalue weighted by Gasteiger charge is -2.01. The zero-order chi connectivity index (χ0) is 9.84. The van der Waals surface area contributed by atoms with Crippen LogP contribution in [0.25, 0.3) is 0 Å². The molecule has 1 rings (SSSR count). The Bertz CT molecular complexity index is 379. The number of hydrogen-bond donors (Lipinski definition) is 0. The molecule has 0 aliphatic carbocycles. The molecule has 0 atom stereocenters. The molecule has 0 radical (unpaired) electrons. The minimum Gasteiger partial charge on any atom is -0.293 e. The van der Waals surface area contributed by atoms with Crippen molar-refractivity contribution in [3.63, 3.8) is 0 Å². The summed E-state index contributed by atoms with van der Waals surface area (Å²) in [5.74, 6) is -0.994. The number of Topliss-reactive ketones (excluding diaryl/α,β-unsaturated/α-hetero) is 1. The van der Waals surface area contributed by atoms with E-state index in [4.69, 9.17) is 5.26 Å². The number of nitrogens with zero attached hydrogens (tertiary/aromatic N) is 1. The average Bonchev–Trinajstić information content (AvgIpc) is 2.10. The molecule has 1 aromatic carbocycles. The first-order valence-corrected chi connectivity index (χ1v) is 3.82. The molecule has 0 N–H and O–H groups in total. The second kappa shape index (κ2) is 3.81. The summed E-state index contributed by atoms with van der Waals surface area (Å²) in [7, 11) is 0. The van der Waals surface area contributed by atoms with E-state index in [-0.39, 0.29) is 12.0 Å². The standard InChI is InChI=1S/C10H8FNO/c1-7-3-2-4-8(10(7)11)9(13)5-6-12/h2-4H,5H2,1H3. The van der Waals surface area contributed by atoms with Crippen molar-refractivity contribution in [2.24, 2.45) is 0 Å². The molecule has 3 heteroatoms. The van der Waals surface area contributed by atoms with Crippen LogP contribution in [0.1, 0.15) is 22.3 Å². The molecule has 0 bridgehead atoms. The highest BCUT2D eigenvalue weighted by atomic mass is 19.1. The molecule has 13 heavy (non-hydrogen) atoms. The van der Waals surface area contributed by atoms with E-state index in [1.54, 1.807) is 25.1 Å². The highest BCUT2D eigenvalue weighted by Crippen LogP contribution is 2.13. The van der Waals surface area contributed by atoms with E-state index >= 15 is 0 Å². The van der Waals surface area contributed by atoms with Crippen molar-refractivity contribution in [3.8, 4) is 6.07 Å². The minimum absolute atomic E-state index is 0.00144. The zero-order valence-corrected chi connectivity index (χ0v) is 7.17. The number of benzene rings is 1. The molecule has 0 aromatic heterocycles. The number of carbonyl (C=O) groups excluding carboxylic acids is 1. The van der Waals surface area contributed by atoms with Crippen LogP contribution in [-0.4, -0.2) is 5.78 Å². The highest BCUT2D eigenvalue weighted by molar-refractivity contribution is 5.97. The summed E-state index contributed by atoms with van der Waals surface area (Å²) in [5, 5.41) is 8.26. The Morgan fingerprint density at radius 1 is 1.62 bits per heavy atom. The molecule has 0 saturated carbocycles. The van der Waals surface area contributed by atoms with Crippen molar-refractivity contribution in [2.45, 2.75) is 13.3 Å². The predicted octanol–water partition coefficient (Wildman–Crippen LogP) is 2.23. The topological polar surface area (TPSA) is 40.9 Å². The van der Waals surface area contributed by atoms with Gasteiger partial charge in [-0.25, -0.2) is 4.39 Å². The van der Waals surface area contributed by atoms with Gasteiger partial charge in [-0.1, -0.05) is 12.1 Å². The third-order valence-corrected chi connectivity index (χ3v) is 1.73. The van der Waals surface area contributed by atoms with Crippen molar-refractivity contribution in [1.82, 2.24) is 0 Å². The Hall–Kier alpha value is -1.69. The maximum Gasteiger partial charge on any atom is 0.179 e. The lowest BCUT2D eigenvalue weighted by Crippen LogP contribution is -2.02. The quantitative estimate of drug-likeness (QED) is 0.650. The molecule has 0 amide bonds. The lowest BCUT2D eigenvalue weighted by atomic mass is 10.1. The lowest BCUT2D eigenvalue weighted by molar-refractivity contribution is 0.0993. The first kappa shape index (κ1) is 9.40. The van der Waals surface area contributed by atoms with Gasteiger partial charge in [0.15, 0.2) is 5.78 Å². The third kappa shape index (κ3) is 1.91. The van der Waals surface area contributed by atoms with E-state index in [1.165, 1.54) is 6.07 Å². The number of nitriles is 1. The van der Waals surface area contributed by atoms with E-state index in [0.29, 0.717) is 5.56 Å². The minimum atomic E-state index is -0.525. The van der Waals surface area contributed by atoms with Crippen molar-refractivity contribution >= 4 is 5.78 Å². The number of rotatable bonds is 2. The fourth-order valence-electron chi connectivity index (χ4n) is 1.03. The van der Waals surface area contributed by atoms with Crippen molar-refractivity contribution in [2.75, 3.05) is 0 Å². The monoisotopic (exact) mass is 177 g/mol. The van der Waals surface area contributed by atoms with Gasteiger partial charge in [0.25, 0.3) is 0 Å². The molecule has 0 fully saturated rings. The van der Waals surface area contributed by atoms with Crippen LogP contribution in [-0.2, 0) is 0 Å². The molecule has 1 aromatic rings. The molecule has 0 saturated heterocycles. The Kier molecular flexibility index (Phi) is 2.76. The first-order chi connectivity index (χ1) is 6.16. The van der Waals surface area contributed by atoms with Gasteiger partial charge in [-0.05, 0) is 18.6 Å². The van der Waals surface area contributed by atoms with Crippen LogP contribution in [0.5, 0.6) is 0 Å². The molecule has 0 aliphatic heterocycles. The predicted molar refractivity (Wildman–Crippen MR) is 45.7 cm³/mol. The Morgan fingerprint density at radius 3 is 2.92 bits per heavy atom. The van der Waals surface area contributed by atoms with Gasteiger partial charge in [0, 0.05) is 0 Å². The van der Waals surface area contributed by atoms with E-state index in [2.05, 4.69) is 0 Å². The summed E-state index contributed by atoms with van der Waals surface area (Å²) < 4.78 is 13.2. The summed E-state index contributed by atoms with van der Waals surface area (Å²) in [6.45, 7) is 1.58. The van der Waals surface area contributed by atoms with Gasteiger partial charge >= 0.3 is 0 Å². The van der Waals surface area contributed by atoms with Gasteiger partial charge in [-0.15, -0.1) is 0 Å². The van der Waals surface area contributed by atoms with Gasteiger partial charge in [0.2, 0.25) is 0 Å². The summed E-state index contributed by atoms with van der Waals surface area (Å²) in [6.07, 6.45) is -0.277. The number of halogens is 1. The smallest absolute Gasteiger partial charge is 0.179 e. The van der Waals surface area contributed by atoms with Crippen LogP contribution < -0.4 is 0 Å². The molecular weight excluding hydrogens is 169 g/mol. The largest absolute Gasteiger partial charge is 0.293 e. The number of carbonyl (C=O) groups is 1. The van der Waals surface area contributed by atoms with Crippen LogP contribution in [0.4, 0.5) is 4.39 Å². The van der Waals surface area contributed by atoms with Gasteiger partial charge in [0.1, 0.15) is 5.82 Å². The summed E-state index contributed by atoms with van der Waals surface area (Å²) in [6, 6.07) is 6.27. The van der Waals surface area contributed by atoms with Crippen LogP contribution in [0.15, 0.2) is 18.2 Å². The van der Waals surface area contributed by atoms with Gasteiger partial charge in [-0.3, -0.25) is 4.79 Å². The van der Waals surface area contributed by atoms with Gasteiger partial charge < -0.3 is 0 Å². The zero-order valence-electron chi connectivity index (χ0n) is 7.17. The molecule has 2 nitrogen and oxygen atoms in total. The molecule has 0 aliphatic rings. The molecule has 0 spiro atoms. The molecule has 0 unspecified atom stereocenters. The molecular formula is C10H8FNO. The Balaban J connectivity index is 3.09. The van der Waals surface area contributed by atoms with Gasteiger partial charge in [0.05, 0.1) is 18.1 Å². The SMILES string of the molecule is Cc1cccc(C(=O)CC#N)c1F. The van der Waals surface area contributed by atoms with E-state index in [0.717, 1.165) is 0 Å². The van der Waals surface area contributed by atoms with Crippen molar-refractivity contribution in [3.05, 3.63) is 35.1 Å². The maximum atomic E-state index is 13.2. The Labute approximate surface area is 75.6 Å². The Morgan fingerprint density at radius 2 is 2.31 bits per heavy atom. The van der Waals surface area contributed by atoms with E-state index in [9.17, 15) is 9.18 Å². The van der Waals surface area contributed by atoms with Crippen LogP contribution in [0, 0.1) is 24.1 Å².